The van der Waals surface area contributed by atoms with Crippen molar-refractivity contribution in [3.05, 3.63) is 22.4 Å². The second-order valence-corrected chi connectivity index (χ2v) is 6.12. The van der Waals surface area contributed by atoms with Gasteiger partial charge in [-0.2, -0.15) is 0 Å². The molecule has 0 saturated heterocycles. The number of carboxylic acid groups (broad SMARTS) is 1. The van der Waals surface area contributed by atoms with Crippen molar-refractivity contribution in [3.63, 3.8) is 0 Å². The van der Waals surface area contributed by atoms with E-state index in [2.05, 4.69) is 5.32 Å². The van der Waals surface area contributed by atoms with Crippen LogP contribution in [0.15, 0.2) is 17.5 Å². The molecule has 0 bridgehead atoms. The lowest BCUT2D eigenvalue weighted by molar-refractivity contribution is -0.144. The third kappa shape index (κ3) is 3.56. The highest BCUT2D eigenvalue weighted by Crippen LogP contribution is 2.30. The molecule has 0 radical (unpaired) electrons. The van der Waals surface area contributed by atoms with Crippen molar-refractivity contribution in [1.82, 2.24) is 5.32 Å². The standard InChI is InChI=1S/C14H19NO3S/c1-9(12-6-3-7-19-12)15-13(16)10-4-2-5-11(8-10)14(17)18/h3,6-7,9-11H,2,4-5,8H2,1H3,(H,15,16)(H,17,18). The summed E-state index contributed by atoms with van der Waals surface area (Å²) in [6, 6.07) is 3.96. The molecule has 4 nitrogen and oxygen atoms in total. The molecule has 0 aliphatic heterocycles. The average molecular weight is 281 g/mol. The maximum absolute atomic E-state index is 12.2. The molecule has 1 fully saturated rings. The van der Waals surface area contributed by atoms with Gasteiger partial charge in [-0.1, -0.05) is 12.5 Å². The summed E-state index contributed by atoms with van der Waals surface area (Å²) >= 11 is 1.62. The number of carbonyl (C=O) groups excluding carboxylic acids is 1. The Morgan fingerprint density at radius 3 is 2.79 bits per heavy atom. The van der Waals surface area contributed by atoms with E-state index in [1.54, 1.807) is 11.3 Å². The van der Waals surface area contributed by atoms with Crippen LogP contribution in [0.25, 0.3) is 0 Å². The first kappa shape index (κ1) is 14.1. The first-order valence-electron chi connectivity index (χ1n) is 6.64. The molecule has 1 aromatic heterocycles. The van der Waals surface area contributed by atoms with Gasteiger partial charge in [0, 0.05) is 10.8 Å². The van der Waals surface area contributed by atoms with Crippen molar-refractivity contribution < 1.29 is 14.7 Å². The van der Waals surface area contributed by atoms with Gasteiger partial charge >= 0.3 is 5.97 Å². The van der Waals surface area contributed by atoms with Crippen LogP contribution in [-0.4, -0.2) is 17.0 Å². The molecule has 19 heavy (non-hydrogen) atoms. The zero-order chi connectivity index (χ0) is 13.8. The molecule has 3 atom stereocenters. The number of nitrogens with one attached hydrogen (secondary N) is 1. The van der Waals surface area contributed by atoms with Crippen LogP contribution in [-0.2, 0) is 9.59 Å². The van der Waals surface area contributed by atoms with Gasteiger partial charge in [-0.3, -0.25) is 9.59 Å². The van der Waals surface area contributed by atoms with Crippen molar-refractivity contribution in [1.29, 1.82) is 0 Å². The van der Waals surface area contributed by atoms with Crippen LogP contribution in [0.3, 0.4) is 0 Å². The second kappa shape index (κ2) is 6.19. The Labute approximate surface area is 116 Å². The predicted octanol–water partition coefficient (Wildman–Crippen LogP) is 2.82. The molecule has 5 heteroatoms. The van der Waals surface area contributed by atoms with E-state index in [4.69, 9.17) is 5.11 Å². The lowest BCUT2D eigenvalue weighted by Crippen LogP contribution is -2.36. The van der Waals surface area contributed by atoms with E-state index in [-0.39, 0.29) is 23.8 Å². The molecular formula is C14H19NO3S. The quantitative estimate of drug-likeness (QED) is 0.891. The fourth-order valence-electron chi connectivity index (χ4n) is 2.59. The fourth-order valence-corrected chi connectivity index (χ4v) is 3.33. The van der Waals surface area contributed by atoms with Crippen molar-refractivity contribution in [2.24, 2.45) is 11.8 Å². The maximum Gasteiger partial charge on any atom is 0.306 e. The van der Waals surface area contributed by atoms with Crippen molar-refractivity contribution in [2.45, 2.75) is 38.6 Å². The summed E-state index contributed by atoms with van der Waals surface area (Å²) in [6.07, 6.45) is 2.78. The predicted molar refractivity (Wildman–Crippen MR) is 74.0 cm³/mol. The third-order valence-corrected chi connectivity index (χ3v) is 4.78. The molecule has 2 rings (SSSR count). The monoisotopic (exact) mass is 281 g/mol. The van der Waals surface area contributed by atoms with Gasteiger partial charge in [-0.25, -0.2) is 0 Å². The Bertz CT molecular complexity index is 444. The number of carboxylic acids is 1. The zero-order valence-corrected chi connectivity index (χ0v) is 11.8. The molecule has 104 valence electrons. The van der Waals surface area contributed by atoms with Crippen LogP contribution in [0.1, 0.15) is 43.5 Å². The highest BCUT2D eigenvalue weighted by molar-refractivity contribution is 7.10. The molecule has 1 aliphatic carbocycles. The van der Waals surface area contributed by atoms with E-state index in [0.29, 0.717) is 12.8 Å². The van der Waals surface area contributed by atoms with Crippen molar-refractivity contribution in [2.75, 3.05) is 0 Å². The van der Waals surface area contributed by atoms with E-state index in [0.717, 1.165) is 17.7 Å². The Kier molecular flexibility index (Phi) is 4.58. The van der Waals surface area contributed by atoms with Gasteiger partial charge in [0.15, 0.2) is 0 Å². The summed E-state index contributed by atoms with van der Waals surface area (Å²) in [5.41, 5.74) is 0. The van der Waals surface area contributed by atoms with Gasteiger partial charge < -0.3 is 10.4 Å². The Hall–Kier alpha value is -1.36. The van der Waals surface area contributed by atoms with Gasteiger partial charge in [-0.05, 0) is 37.6 Å². The smallest absolute Gasteiger partial charge is 0.306 e. The number of aliphatic carboxylic acids is 1. The van der Waals surface area contributed by atoms with E-state index in [1.807, 2.05) is 24.4 Å². The Morgan fingerprint density at radius 1 is 1.42 bits per heavy atom. The van der Waals surface area contributed by atoms with E-state index < -0.39 is 5.97 Å². The highest BCUT2D eigenvalue weighted by atomic mass is 32.1. The van der Waals surface area contributed by atoms with Crippen molar-refractivity contribution in [3.8, 4) is 0 Å². The molecule has 1 aliphatic rings. The normalized spacial score (nSPS) is 24.7. The number of hydrogen-bond donors (Lipinski definition) is 2. The molecule has 0 aromatic carbocycles. The van der Waals surface area contributed by atoms with Gasteiger partial charge in [0.1, 0.15) is 0 Å². The summed E-state index contributed by atoms with van der Waals surface area (Å²) in [5, 5.41) is 14.0. The minimum atomic E-state index is -0.774. The van der Waals surface area contributed by atoms with E-state index in [9.17, 15) is 9.59 Å². The Balaban J connectivity index is 1.91. The topological polar surface area (TPSA) is 66.4 Å². The third-order valence-electron chi connectivity index (χ3n) is 3.72. The summed E-state index contributed by atoms with van der Waals surface area (Å²) in [7, 11) is 0. The summed E-state index contributed by atoms with van der Waals surface area (Å²) < 4.78 is 0. The SMILES string of the molecule is CC(NC(=O)C1CCCC(C(=O)O)C1)c1cccs1. The number of amides is 1. The maximum atomic E-state index is 12.2. The second-order valence-electron chi connectivity index (χ2n) is 5.14. The lowest BCUT2D eigenvalue weighted by Gasteiger charge is -2.26. The molecule has 2 N–H and O–H groups in total. The highest BCUT2D eigenvalue weighted by Gasteiger charge is 2.31. The summed E-state index contributed by atoms with van der Waals surface area (Å²) in [5.74, 6) is -1.30. The van der Waals surface area contributed by atoms with Crippen LogP contribution < -0.4 is 5.32 Å². The number of rotatable bonds is 4. The molecule has 1 heterocycles. The number of carbonyl (C=O) groups is 2. The van der Waals surface area contributed by atoms with Crippen LogP contribution in [0.2, 0.25) is 0 Å². The number of hydrogen-bond acceptors (Lipinski definition) is 3. The van der Waals surface area contributed by atoms with Crippen LogP contribution in [0, 0.1) is 11.8 Å². The fraction of sp³-hybridized carbons (Fsp3) is 0.571. The van der Waals surface area contributed by atoms with Gasteiger partial charge in [0.05, 0.1) is 12.0 Å². The average Bonchev–Trinajstić information content (AvgIpc) is 2.92. The van der Waals surface area contributed by atoms with Gasteiger partial charge in [-0.15, -0.1) is 11.3 Å². The minimum absolute atomic E-state index is 0.00213. The number of thiophene rings is 1. The molecule has 1 saturated carbocycles. The molecular weight excluding hydrogens is 262 g/mol. The molecule has 3 unspecified atom stereocenters. The van der Waals surface area contributed by atoms with E-state index >= 15 is 0 Å². The molecule has 1 aromatic rings. The van der Waals surface area contributed by atoms with Gasteiger partial charge in [0.2, 0.25) is 5.91 Å². The Morgan fingerprint density at radius 2 is 2.16 bits per heavy atom. The molecule has 0 spiro atoms. The van der Waals surface area contributed by atoms with Crippen LogP contribution >= 0.6 is 11.3 Å². The van der Waals surface area contributed by atoms with Crippen molar-refractivity contribution >= 4 is 23.2 Å². The lowest BCUT2D eigenvalue weighted by atomic mass is 9.81. The summed E-state index contributed by atoms with van der Waals surface area (Å²) in [6.45, 7) is 1.96. The first-order valence-corrected chi connectivity index (χ1v) is 7.52. The zero-order valence-electron chi connectivity index (χ0n) is 11.0. The first-order chi connectivity index (χ1) is 9.08. The van der Waals surface area contributed by atoms with Gasteiger partial charge in [0.25, 0.3) is 0 Å². The largest absolute Gasteiger partial charge is 0.481 e. The minimum Gasteiger partial charge on any atom is -0.481 e. The van der Waals surface area contributed by atoms with Crippen LogP contribution in [0.4, 0.5) is 0 Å². The van der Waals surface area contributed by atoms with E-state index in [1.165, 1.54) is 0 Å². The van der Waals surface area contributed by atoms with Crippen LogP contribution in [0.5, 0.6) is 0 Å². The summed E-state index contributed by atoms with van der Waals surface area (Å²) in [4.78, 5) is 24.3. The molecule has 1 amide bonds.